The molecule has 0 saturated carbocycles. The molecule has 0 aliphatic carbocycles. The van der Waals surface area contributed by atoms with Gasteiger partial charge in [0.25, 0.3) is 5.91 Å². The summed E-state index contributed by atoms with van der Waals surface area (Å²) >= 11 is 6.05. The third-order valence-corrected chi connectivity index (χ3v) is 3.49. The van der Waals surface area contributed by atoms with E-state index >= 15 is 0 Å². The third kappa shape index (κ3) is 3.52. The minimum Gasteiger partial charge on any atom is -0.374 e. The van der Waals surface area contributed by atoms with Gasteiger partial charge in [-0.2, -0.15) is 5.10 Å². The smallest absolute Gasteiger partial charge is 0.259 e. The number of benzene rings is 1. The number of carbonyl (C=O) groups excluding carboxylic acids is 1. The minimum atomic E-state index is -0.425. The first-order chi connectivity index (χ1) is 11.6. The van der Waals surface area contributed by atoms with Gasteiger partial charge in [0.1, 0.15) is 17.2 Å². The standard InChI is InChI=1S/C16H13ClFN5O/c17-16-13(23-8-4-3-7-14(23)21-16)9-20-22-15(24)10-19-12-6-2-1-5-11(12)18/h1-9,19H,10H2,(H,22,24). The Kier molecular flexibility index (Phi) is 4.72. The Hall–Kier alpha value is -2.93. The van der Waals surface area contributed by atoms with Crippen LogP contribution in [0.25, 0.3) is 5.65 Å². The lowest BCUT2D eigenvalue weighted by Crippen LogP contribution is -2.26. The maximum absolute atomic E-state index is 13.4. The molecule has 6 nitrogen and oxygen atoms in total. The van der Waals surface area contributed by atoms with Crippen LogP contribution in [0.15, 0.2) is 53.8 Å². The summed E-state index contributed by atoms with van der Waals surface area (Å²) in [5.74, 6) is -0.842. The van der Waals surface area contributed by atoms with Gasteiger partial charge in [-0.3, -0.25) is 9.20 Å². The van der Waals surface area contributed by atoms with Crippen LogP contribution in [-0.4, -0.2) is 28.1 Å². The molecule has 2 N–H and O–H groups in total. The summed E-state index contributed by atoms with van der Waals surface area (Å²) < 4.78 is 15.2. The predicted octanol–water partition coefficient (Wildman–Crippen LogP) is 2.69. The van der Waals surface area contributed by atoms with Gasteiger partial charge in [0.2, 0.25) is 0 Å². The highest BCUT2D eigenvalue weighted by molar-refractivity contribution is 6.32. The Morgan fingerprint density at radius 3 is 2.92 bits per heavy atom. The summed E-state index contributed by atoms with van der Waals surface area (Å²) in [5.41, 5.74) is 3.83. The minimum absolute atomic E-state index is 0.112. The average molecular weight is 346 g/mol. The molecule has 0 unspecified atom stereocenters. The molecule has 0 bridgehead atoms. The van der Waals surface area contributed by atoms with Crippen LogP contribution in [0, 0.1) is 5.82 Å². The van der Waals surface area contributed by atoms with Gasteiger partial charge in [-0.25, -0.2) is 14.8 Å². The van der Waals surface area contributed by atoms with E-state index in [1.54, 1.807) is 34.9 Å². The molecule has 0 atom stereocenters. The van der Waals surface area contributed by atoms with Crippen molar-refractivity contribution in [1.82, 2.24) is 14.8 Å². The molecule has 0 spiro atoms. The number of aromatic nitrogens is 2. The molecule has 8 heteroatoms. The molecule has 2 aromatic heterocycles. The molecule has 122 valence electrons. The summed E-state index contributed by atoms with van der Waals surface area (Å²) in [4.78, 5) is 15.9. The summed E-state index contributed by atoms with van der Waals surface area (Å²) in [7, 11) is 0. The number of carbonyl (C=O) groups is 1. The van der Waals surface area contributed by atoms with Crippen molar-refractivity contribution in [3.05, 3.63) is 65.3 Å². The van der Waals surface area contributed by atoms with Crippen molar-refractivity contribution < 1.29 is 9.18 Å². The Bertz CT molecular complexity index is 908. The van der Waals surface area contributed by atoms with Gasteiger partial charge in [0.15, 0.2) is 5.15 Å². The summed E-state index contributed by atoms with van der Waals surface area (Å²) in [6, 6.07) is 11.6. The van der Waals surface area contributed by atoms with Crippen molar-refractivity contribution in [3.63, 3.8) is 0 Å². The van der Waals surface area contributed by atoms with E-state index in [1.165, 1.54) is 12.3 Å². The topological polar surface area (TPSA) is 70.8 Å². The number of amides is 1. The lowest BCUT2D eigenvalue weighted by Gasteiger charge is -2.05. The number of para-hydroxylation sites is 1. The summed E-state index contributed by atoms with van der Waals surface area (Å²) in [5, 5.41) is 6.83. The first-order valence-corrected chi connectivity index (χ1v) is 7.46. The zero-order valence-corrected chi connectivity index (χ0v) is 13.2. The van der Waals surface area contributed by atoms with Gasteiger partial charge in [0.05, 0.1) is 18.4 Å². The number of rotatable bonds is 5. The molecular weight excluding hydrogens is 333 g/mol. The molecule has 0 saturated heterocycles. The molecule has 0 radical (unpaired) electrons. The van der Waals surface area contributed by atoms with Crippen LogP contribution in [0.4, 0.5) is 10.1 Å². The van der Waals surface area contributed by atoms with E-state index in [0.717, 1.165) is 0 Å². The van der Waals surface area contributed by atoms with Gasteiger partial charge in [-0.15, -0.1) is 0 Å². The predicted molar refractivity (Wildman–Crippen MR) is 90.8 cm³/mol. The van der Waals surface area contributed by atoms with Crippen molar-refractivity contribution >= 4 is 35.1 Å². The van der Waals surface area contributed by atoms with E-state index in [-0.39, 0.29) is 17.4 Å². The van der Waals surface area contributed by atoms with Crippen molar-refractivity contribution in [1.29, 1.82) is 0 Å². The molecule has 0 aliphatic heterocycles. The molecule has 3 rings (SSSR count). The lowest BCUT2D eigenvalue weighted by atomic mass is 10.3. The number of hydrazone groups is 1. The number of pyridine rings is 1. The number of nitrogens with one attached hydrogen (secondary N) is 2. The first kappa shape index (κ1) is 15.9. The monoisotopic (exact) mass is 345 g/mol. The number of nitrogens with zero attached hydrogens (tertiary/aromatic N) is 3. The van der Waals surface area contributed by atoms with Crippen molar-refractivity contribution in [2.75, 3.05) is 11.9 Å². The lowest BCUT2D eigenvalue weighted by molar-refractivity contribution is -0.119. The number of anilines is 1. The van der Waals surface area contributed by atoms with Gasteiger partial charge >= 0.3 is 0 Å². The molecule has 0 aliphatic rings. The first-order valence-electron chi connectivity index (χ1n) is 7.08. The number of imidazole rings is 1. The van der Waals surface area contributed by atoms with E-state index in [9.17, 15) is 9.18 Å². The van der Waals surface area contributed by atoms with Crippen LogP contribution in [0.2, 0.25) is 5.15 Å². The van der Waals surface area contributed by atoms with E-state index in [0.29, 0.717) is 11.3 Å². The fourth-order valence-corrected chi connectivity index (χ4v) is 2.31. The Balaban J connectivity index is 1.60. The highest BCUT2D eigenvalue weighted by atomic mass is 35.5. The molecule has 1 aromatic carbocycles. The molecule has 0 fully saturated rings. The SMILES string of the molecule is O=C(CNc1ccccc1F)NN=Cc1c(Cl)nc2ccccn12. The largest absolute Gasteiger partial charge is 0.374 e. The highest BCUT2D eigenvalue weighted by Gasteiger charge is 2.08. The molecule has 3 aromatic rings. The quantitative estimate of drug-likeness (QED) is 0.551. The third-order valence-electron chi connectivity index (χ3n) is 3.21. The highest BCUT2D eigenvalue weighted by Crippen LogP contribution is 2.15. The molecule has 1 amide bonds. The second-order valence-electron chi connectivity index (χ2n) is 4.84. The maximum Gasteiger partial charge on any atom is 0.259 e. The zero-order valence-electron chi connectivity index (χ0n) is 12.4. The number of halogens is 2. The average Bonchev–Trinajstić information content (AvgIpc) is 2.90. The van der Waals surface area contributed by atoms with Crippen molar-refractivity contribution in [2.45, 2.75) is 0 Å². The molecular formula is C16H13ClFN5O. The van der Waals surface area contributed by atoms with Gasteiger partial charge in [-0.1, -0.05) is 29.8 Å². The number of fused-ring (bicyclic) bond motifs is 1. The van der Waals surface area contributed by atoms with Crippen LogP contribution < -0.4 is 10.7 Å². The maximum atomic E-state index is 13.4. The number of hydrogen-bond acceptors (Lipinski definition) is 4. The van der Waals surface area contributed by atoms with E-state index in [4.69, 9.17) is 11.6 Å². The van der Waals surface area contributed by atoms with Crippen LogP contribution in [0.1, 0.15) is 5.69 Å². The fraction of sp³-hybridized carbons (Fsp3) is 0.0625. The zero-order chi connectivity index (χ0) is 16.9. The Morgan fingerprint density at radius 1 is 1.29 bits per heavy atom. The second-order valence-corrected chi connectivity index (χ2v) is 5.20. The van der Waals surface area contributed by atoms with Crippen LogP contribution in [0.5, 0.6) is 0 Å². The van der Waals surface area contributed by atoms with E-state index < -0.39 is 11.7 Å². The molecule has 24 heavy (non-hydrogen) atoms. The van der Waals surface area contributed by atoms with Crippen LogP contribution in [0.3, 0.4) is 0 Å². The van der Waals surface area contributed by atoms with Gasteiger partial charge in [-0.05, 0) is 24.3 Å². The van der Waals surface area contributed by atoms with E-state index in [2.05, 4.69) is 20.8 Å². The van der Waals surface area contributed by atoms with Crippen LogP contribution in [-0.2, 0) is 4.79 Å². The van der Waals surface area contributed by atoms with E-state index in [1.807, 2.05) is 12.1 Å². The van der Waals surface area contributed by atoms with Gasteiger partial charge < -0.3 is 5.32 Å². The Morgan fingerprint density at radius 2 is 2.08 bits per heavy atom. The second kappa shape index (κ2) is 7.10. The molecule has 2 heterocycles. The number of hydrogen-bond donors (Lipinski definition) is 2. The normalized spacial score (nSPS) is 11.1. The summed E-state index contributed by atoms with van der Waals surface area (Å²) in [6.07, 6.45) is 3.19. The Labute approximate surface area is 142 Å². The van der Waals surface area contributed by atoms with Crippen molar-refractivity contribution in [2.24, 2.45) is 5.10 Å². The van der Waals surface area contributed by atoms with Crippen molar-refractivity contribution in [3.8, 4) is 0 Å². The van der Waals surface area contributed by atoms with Crippen LogP contribution >= 0.6 is 11.6 Å². The fourth-order valence-electron chi connectivity index (χ4n) is 2.09. The van der Waals surface area contributed by atoms with Gasteiger partial charge in [0, 0.05) is 6.20 Å². The summed E-state index contributed by atoms with van der Waals surface area (Å²) in [6.45, 7) is -0.112.